The lowest BCUT2D eigenvalue weighted by atomic mass is 9.77. The Morgan fingerprint density at radius 1 is 1.07 bits per heavy atom. The Hall–Kier alpha value is -2.51. The van der Waals surface area contributed by atoms with Gasteiger partial charge in [-0.25, -0.2) is 0 Å². The Morgan fingerprint density at radius 2 is 1.72 bits per heavy atom. The van der Waals surface area contributed by atoms with Gasteiger partial charge >= 0.3 is 12.6 Å². The lowest BCUT2D eigenvalue weighted by Crippen LogP contribution is -2.31. The Balaban J connectivity index is 1.63. The van der Waals surface area contributed by atoms with Crippen molar-refractivity contribution in [1.29, 1.82) is 0 Å². The third kappa shape index (κ3) is 5.31. The summed E-state index contributed by atoms with van der Waals surface area (Å²) in [7, 11) is 0. The second-order valence-corrected chi connectivity index (χ2v) is 7.14. The highest BCUT2D eigenvalue weighted by molar-refractivity contribution is 5.69. The third-order valence-electron chi connectivity index (χ3n) is 5.15. The van der Waals surface area contributed by atoms with Crippen LogP contribution in [0.2, 0.25) is 0 Å². The van der Waals surface area contributed by atoms with E-state index in [9.17, 15) is 23.8 Å². The van der Waals surface area contributed by atoms with Gasteiger partial charge in [-0.3, -0.25) is 4.79 Å². The molecule has 1 fully saturated rings. The lowest BCUT2D eigenvalue weighted by Gasteiger charge is -2.35. The van der Waals surface area contributed by atoms with Crippen molar-refractivity contribution in [2.45, 2.75) is 57.0 Å². The van der Waals surface area contributed by atoms with Gasteiger partial charge in [-0.1, -0.05) is 43.3 Å². The minimum absolute atomic E-state index is 0.0178. The predicted octanol–water partition coefficient (Wildman–Crippen LogP) is 4.25. The summed E-state index contributed by atoms with van der Waals surface area (Å²) >= 11 is 0. The van der Waals surface area contributed by atoms with Crippen molar-refractivity contribution in [3.8, 4) is 5.75 Å². The zero-order chi connectivity index (χ0) is 21.0. The number of hydrogen-bond donors (Lipinski definition) is 2. The Labute approximate surface area is 167 Å². The van der Waals surface area contributed by atoms with Gasteiger partial charge in [0.25, 0.3) is 0 Å². The molecule has 2 aromatic rings. The number of benzene rings is 2. The molecule has 156 valence electrons. The van der Waals surface area contributed by atoms with Crippen LogP contribution in [-0.4, -0.2) is 28.9 Å². The summed E-state index contributed by atoms with van der Waals surface area (Å²) in [5.41, 5.74) is 1.95. The van der Waals surface area contributed by atoms with Crippen LogP contribution < -0.4 is 4.74 Å². The van der Waals surface area contributed by atoms with Crippen LogP contribution in [-0.2, 0) is 9.53 Å². The fraction of sp³-hybridized carbons (Fsp3) is 0.409. The smallest absolute Gasteiger partial charge is 0.387 e. The summed E-state index contributed by atoms with van der Waals surface area (Å²) in [6.07, 6.45) is -0.633. The van der Waals surface area contributed by atoms with E-state index in [1.807, 2.05) is 18.2 Å². The predicted molar refractivity (Wildman–Crippen MR) is 102 cm³/mol. The normalized spacial score (nSPS) is 20.6. The molecule has 0 amide bonds. The number of esters is 1. The molecule has 29 heavy (non-hydrogen) atoms. The Bertz CT molecular complexity index is 818. The zero-order valence-electron chi connectivity index (χ0n) is 16.0. The van der Waals surface area contributed by atoms with Gasteiger partial charge in [0.2, 0.25) is 0 Å². The average Bonchev–Trinajstić information content (AvgIpc) is 2.69. The van der Waals surface area contributed by atoms with Crippen LogP contribution in [0.15, 0.2) is 48.5 Å². The molecule has 0 heterocycles. The molecule has 0 saturated heterocycles. The van der Waals surface area contributed by atoms with Gasteiger partial charge in [0.15, 0.2) is 0 Å². The maximum absolute atomic E-state index is 12.2. The minimum atomic E-state index is -2.92. The first-order valence-electron chi connectivity index (χ1n) is 9.57. The van der Waals surface area contributed by atoms with E-state index in [1.165, 1.54) is 24.3 Å². The fourth-order valence-electron chi connectivity index (χ4n) is 3.41. The second kappa shape index (κ2) is 9.33. The SMILES string of the molecule is CCC(=O)OC1CC(c2cccc(C(O)C(O)c3ccc(OC(F)F)cc3)c2)C1. The highest BCUT2D eigenvalue weighted by Gasteiger charge is 2.33. The molecule has 1 aliphatic rings. The van der Waals surface area contributed by atoms with Crippen molar-refractivity contribution in [1.82, 2.24) is 0 Å². The molecule has 2 atom stereocenters. The molecule has 1 saturated carbocycles. The number of aliphatic hydroxyl groups is 2. The molecule has 0 aromatic heterocycles. The van der Waals surface area contributed by atoms with Crippen LogP contribution in [0.1, 0.15) is 61.0 Å². The molecule has 0 spiro atoms. The molecule has 0 radical (unpaired) electrons. The van der Waals surface area contributed by atoms with Crippen molar-refractivity contribution < 1.29 is 33.3 Å². The van der Waals surface area contributed by atoms with Crippen molar-refractivity contribution in [3.05, 3.63) is 65.2 Å². The second-order valence-electron chi connectivity index (χ2n) is 7.14. The summed E-state index contributed by atoms with van der Waals surface area (Å²) in [6.45, 7) is -1.16. The van der Waals surface area contributed by atoms with E-state index in [1.54, 1.807) is 13.0 Å². The van der Waals surface area contributed by atoms with Gasteiger partial charge < -0.3 is 19.7 Å². The number of ether oxygens (including phenoxy) is 2. The Morgan fingerprint density at radius 3 is 2.34 bits per heavy atom. The van der Waals surface area contributed by atoms with Crippen LogP contribution >= 0.6 is 0 Å². The molecular formula is C22H24F2O5. The third-order valence-corrected chi connectivity index (χ3v) is 5.15. The van der Waals surface area contributed by atoms with Gasteiger partial charge in [-0.15, -0.1) is 0 Å². The van der Waals surface area contributed by atoms with E-state index < -0.39 is 18.8 Å². The summed E-state index contributed by atoms with van der Waals surface area (Å²) in [5, 5.41) is 21.1. The van der Waals surface area contributed by atoms with E-state index >= 15 is 0 Å². The van der Waals surface area contributed by atoms with Gasteiger partial charge in [-0.2, -0.15) is 8.78 Å². The monoisotopic (exact) mass is 406 g/mol. The largest absolute Gasteiger partial charge is 0.462 e. The van der Waals surface area contributed by atoms with E-state index in [4.69, 9.17) is 4.74 Å². The van der Waals surface area contributed by atoms with Crippen LogP contribution in [0, 0.1) is 0 Å². The van der Waals surface area contributed by atoms with Gasteiger partial charge in [0.1, 0.15) is 24.1 Å². The average molecular weight is 406 g/mol. The molecular weight excluding hydrogens is 382 g/mol. The standard InChI is InChI=1S/C22H24F2O5/c1-2-19(25)28-18-11-16(12-18)14-4-3-5-15(10-14)21(27)20(26)13-6-8-17(9-7-13)29-22(23)24/h3-10,16,18,20-22,26-27H,2,11-12H2,1H3. The van der Waals surface area contributed by atoms with Gasteiger partial charge in [0, 0.05) is 6.42 Å². The first-order valence-corrected chi connectivity index (χ1v) is 9.57. The molecule has 1 aliphatic carbocycles. The molecule has 2 N–H and O–H groups in total. The molecule has 2 aromatic carbocycles. The number of alkyl halides is 2. The number of aliphatic hydroxyl groups excluding tert-OH is 2. The molecule has 0 bridgehead atoms. The van der Waals surface area contributed by atoms with E-state index in [-0.39, 0.29) is 23.7 Å². The van der Waals surface area contributed by atoms with Crippen molar-refractivity contribution in [3.63, 3.8) is 0 Å². The summed E-state index contributed by atoms with van der Waals surface area (Å²) in [6, 6.07) is 12.8. The van der Waals surface area contributed by atoms with Crippen molar-refractivity contribution >= 4 is 5.97 Å². The summed E-state index contributed by atoms with van der Waals surface area (Å²) < 4.78 is 34.1. The van der Waals surface area contributed by atoms with Crippen LogP contribution in [0.5, 0.6) is 5.75 Å². The van der Waals surface area contributed by atoms with E-state index in [0.717, 1.165) is 18.4 Å². The van der Waals surface area contributed by atoms with Crippen LogP contribution in [0.3, 0.4) is 0 Å². The lowest BCUT2D eigenvalue weighted by molar-refractivity contribution is -0.153. The molecule has 3 rings (SSSR count). The zero-order valence-corrected chi connectivity index (χ0v) is 16.0. The number of carbonyl (C=O) groups excluding carboxylic acids is 1. The number of hydrogen-bond acceptors (Lipinski definition) is 5. The maximum Gasteiger partial charge on any atom is 0.387 e. The highest BCUT2D eigenvalue weighted by Crippen LogP contribution is 2.40. The first-order chi connectivity index (χ1) is 13.9. The van der Waals surface area contributed by atoms with Crippen molar-refractivity contribution in [2.75, 3.05) is 0 Å². The quantitative estimate of drug-likeness (QED) is 0.641. The van der Waals surface area contributed by atoms with Crippen molar-refractivity contribution in [2.24, 2.45) is 0 Å². The summed E-state index contributed by atoms with van der Waals surface area (Å²) in [4.78, 5) is 11.4. The van der Waals surface area contributed by atoms with Gasteiger partial charge in [0.05, 0.1) is 0 Å². The van der Waals surface area contributed by atoms with Gasteiger partial charge in [-0.05, 0) is 47.6 Å². The molecule has 7 heteroatoms. The van der Waals surface area contributed by atoms with Crippen LogP contribution in [0.25, 0.3) is 0 Å². The highest BCUT2D eigenvalue weighted by atomic mass is 19.3. The first kappa shape index (κ1) is 21.2. The molecule has 5 nitrogen and oxygen atoms in total. The van der Waals surface area contributed by atoms with E-state index in [0.29, 0.717) is 17.5 Å². The van der Waals surface area contributed by atoms with E-state index in [2.05, 4.69) is 4.74 Å². The van der Waals surface area contributed by atoms with Crippen LogP contribution in [0.4, 0.5) is 8.78 Å². The minimum Gasteiger partial charge on any atom is -0.462 e. The topological polar surface area (TPSA) is 76.0 Å². The Kier molecular flexibility index (Phi) is 6.82. The number of halogens is 2. The number of rotatable bonds is 8. The number of carbonyl (C=O) groups is 1. The molecule has 0 aliphatic heterocycles. The fourth-order valence-corrected chi connectivity index (χ4v) is 3.41. The maximum atomic E-state index is 12.2. The molecule has 2 unspecified atom stereocenters. The summed E-state index contributed by atoms with van der Waals surface area (Å²) in [5.74, 6) is 0.0150.